The number of hydrogen-bond donors (Lipinski definition) is 0. The highest BCUT2D eigenvalue weighted by Gasteiger charge is 2.46. The van der Waals surface area contributed by atoms with Gasteiger partial charge in [0.15, 0.2) is 0 Å². The van der Waals surface area contributed by atoms with Gasteiger partial charge in [-0.05, 0) is 121 Å². The van der Waals surface area contributed by atoms with Gasteiger partial charge in [-0.3, -0.25) is 0 Å². The van der Waals surface area contributed by atoms with Crippen molar-refractivity contribution in [1.29, 1.82) is 0 Å². The molecular formula is C58H45BN2O2. The highest BCUT2D eigenvalue weighted by Crippen LogP contribution is 2.53. The van der Waals surface area contributed by atoms with E-state index in [1.54, 1.807) is 0 Å². The maximum absolute atomic E-state index is 6.74. The van der Waals surface area contributed by atoms with Gasteiger partial charge in [-0.1, -0.05) is 145 Å². The summed E-state index contributed by atoms with van der Waals surface area (Å²) in [7, 11) is 0. The molecule has 0 fully saturated rings. The fraction of sp³-hybridized carbons (Fsp3) is 0.138. The lowest BCUT2D eigenvalue weighted by Crippen LogP contribution is -2.61. The van der Waals surface area contributed by atoms with E-state index in [2.05, 4.69) is 215 Å². The number of rotatable bonds is 2. The summed E-state index contributed by atoms with van der Waals surface area (Å²) in [6.45, 7) is 14.0. The van der Waals surface area contributed by atoms with Crippen molar-refractivity contribution in [3.63, 3.8) is 0 Å². The zero-order chi connectivity index (χ0) is 42.5. The van der Waals surface area contributed by atoms with Crippen molar-refractivity contribution in [1.82, 2.24) is 0 Å². The Labute approximate surface area is 367 Å². The minimum Gasteiger partial charge on any atom is -0.456 e. The maximum atomic E-state index is 6.74. The highest BCUT2D eigenvalue weighted by atomic mass is 16.3. The number of nitrogens with zero attached hydrogens (tertiary/aromatic N) is 2. The average Bonchev–Trinajstić information content (AvgIpc) is 3.86. The molecule has 0 spiro atoms. The van der Waals surface area contributed by atoms with Crippen molar-refractivity contribution in [3.05, 3.63) is 175 Å². The molecule has 0 radical (unpaired) electrons. The lowest BCUT2D eigenvalue weighted by molar-refractivity contribution is 0.591. The van der Waals surface area contributed by atoms with E-state index >= 15 is 0 Å². The second-order valence-electron chi connectivity index (χ2n) is 19.7. The Morgan fingerprint density at radius 3 is 1.21 bits per heavy atom. The van der Waals surface area contributed by atoms with E-state index in [4.69, 9.17) is 8.83 Å². The summed E-state index contributed by atoms with van der Waals surface area (Å²) in [4.78, 5) is 5.20. The Kier molecular flexibility index (Phi) is 7.33. The molecule has 4 heterocycles. The molecule has 2 aromatic heterocycles. The zero-order valence-electron chi connectivity index (χ0n) is 36.4. The largest absolute Gasteiger partial charge is 0.456 e. The van der Waals surface area contributed by atoms with Crippen LogP contribution in [0.4, 0.5) is 34.1 Å². The molecule has 0 amide bonds. The van der Waals surface area contributed by atoms with E-state index in [1.165, 1.54) is 83.2 Å². The van der Waals surface area contributed by atoms with Crippen LogP contribution in [0.2, 0.25) is 0 Å². The van der Waals surface area contributed by atoms with Crippen LogP contribution >= 0.6 is 0 Å². The molecule has 0 atom stereocenters. The Bertz CT molecular complexity index is 3510. The number of benzene rings is 9. The Morgan fingerprint density at radius 2 is 0.778 bits per heavy atom. The Hall–Kier alpha value is -7.24. The molecule has 63 heavy (non-hydrogen) atoms. The first kappa shape index (κ1) is 36.4. The zero-order valence-corrected chi connectivity index (χ0v) is 36.4. The summed E-state index contributed by atoms with van der Waals surface area (Å²) < 4.78 is 13.5. The van der Waals surface area contributed by atoms with Crippen LogP contribution in [0.25, 0.3) is 65.4 Å². The summed E-state index contributed by atoms with van der Waals surface area (Å²) in [5, 5.41) is 9.41. The van der Waals surface area contributed by atoms with Crippen LogP contribution in [0.1, 0.15) is 52.7 Å². The number of para-hydroxylation sites is 2. The highest BCUT2D eigenvalue weighted by molar-refractivity contribution is 7.01. The van der Waals surface area contributed by atoms with E-state index in [1.807, 2.05) is 0 Å². The van der Waals surface area contributed by atoms with Gasteiger partial charge in [-0.25, -0.2) is 0 Å². The molecule has 0 bridgehead atoms. The summed E-state index contributed by atoms with van der Waals surface area (Å²) >= 11 is 0. The molecule has 0 aliphatic carbocycles. The quantitative estimate of drug-likeness (QED) is 0.163. The number of hydrogen-bond acceptors (Lipinski definition) is 4. The summed E-state index contributed by atoms with van der Waals surface area (Å²) in [6, 6.07) is 60.5. The van der Waals surface area contributed by atoms with Gasteiger partial charge in [0.1, 0.15) is 22.3 Å². The predicted octanol–water partition coefficient (Wildman–Crippen LogP) is 14.5. The maximum Gasteiger partial charge on any atom is 0.252 e. The molecule has 11 aromatic rings. The summed E-state index contributed by atoms with van der Waals surface area (Å²) in [5.41, 5.74) is 16.7. The fourth-order valence-electron chi connectivity index (χ4n) is 11.1. The molecule has 2 aliphatic rings. The van der Waals surface area contributed by atoms with Crippen LogP contribution in [-0.2, 0) is 10.8 Å². The first-order chi connectivity index (χ1) is 30.5. The first-order valence-electron chi connectivity index (χ1n) is 22.2. The molecule has 2 aliphatic heterocycles. The molecule has 302 valence electrons. The predicted molar refractivity (Wildman–Crippen MR) is 267 cm³/mol. The van der Waals surface area contributed by atoms with Crippen LogP contribution in [0, 0.1) is 0 Å². The molecule has 0 saturated heterocycles. The molecule has 5 heteroatoms. The molecule has 0 N–H and O–H groups in total. The van der Waals surface area contributed by atoms with Crippen LogP contribution in [0.5, 0.6) is 0 Å². The normalized spacial score (nSPS) is 13.8. The fourth-order valence-corrected chi connectivity index (χ4v) is 11.1. The van der Waals surface area contributed by atoms with Gasteiger partial charge in [-0.2, -0.15) is 0 Å². The van der Waals surface area contributed by atoms with Gasteiger partial charge in [0, 0.05) is 22.1 Å². The SMILES string of the molecule is CC(C)(C)c1cc2ccccc2cc1N1c2cccc3c2B(c2ccc4oc5ccccc5c4c21)c1ccc2oc4ccccc4c2c1N3c1cc2ccccc2cc1C(C)(C)C. The number of fused-ring (bicyclic) bond motifs is 14. The molecule has 4 nitrogen and oxygen atoms in total. The van der Waals surface area contributed by atoms with Gasteiger partial charge in [-0.15, -0.1) is 0 Å². The minimum absolute atomic E-state index is 0.0955. The van der Waals surface area contributed by atoms with E-state index in [0.29, 0.717) is 0 Å². The molecule has 13 rings (SSSR count). The second-order valence-corrected chi connectivity index (χ2v) is 19.7. The van der Waals surface area contributed by atoms with Crippen LogP contribution in [0.3, 0.4) is 0 Å². The smallest absolute Gasteiger partial charge is 0.252 e. The van der Waals surface area contributed by atoms with Crippen molar-refractivity contribution in [3.8, 4) is 0 Å². The minimum atomic E-state index is -0.170. The third kappa shape index (κ3) is 5.11. The van der Waals surface area contributed by atoms with Crippen molar-refractivity contribution in [2.75, 3.05) is 9.80 Å². The van der Waals surface area contributed by atoms with E-state index in [9.17, 15) is 0 Å². The topological polar surface area (TPSA) is 32.8 Å². The molecule has 0 saturated carbocycles. The van der Waals surface area contributed by atoms with E-state index in [0.717, 1.165) is 43.9 Å². The lowest BCUT2D eigenvalue weighted by Gasteiger charge is -2.46. The first-order valence-corrected chi connectivity index (χ1v) is 22.2. The standard InChI is InChI=1S/C58H45BN2O2/c1-57(2,3)40-30-34-16-7-9-18-36(34)32-46(40)60-44-22-15-23-45-54(44)59(42-26-28-50-52(55(42)60)38-20-11-13-24-48(38)62-50)43-27-29-51-53(39-21-12-14-25-49(39)63-51)56(43)61(45)47-33-37-19-10-8-17-35(37)31-41(47)58(4,5)6/h7-33H,1-6H3. The van der Waals surface area contributed by atoms with Crippen molar-refractivity contribution < 1.29 is 8.83 Å². The molecular weight excluding hydrogens is 767 g/mol. The van der Waals surface area contributed by atoms with Crippen LogP contribution < -0.4 is 26.2 Å². The van der Waals surface area contributed by atoms with E-state index in [-0.39, 0.29) is 17.5 Å². The van der Waals surface area contributed by atoms with Crippen molar-refractivity contribution in [2.24, 2.45) is 0 Å². The summed E-state index contributed by atoms with van der Waals surface area (Å²) in [6.07, 6.45) is 0. The Balaban J connectivity index is 1.23. The molecule has 0 unspecified atom stereocenters. The number of furan rings is 2. The Morgan fingerprint density at radius 1 is 0.381 bits per heavy atom. The van der Waals surface area contributed by atoms with Crippen LogP contribution in [0.15, 0.2) is 173 Å². The van der Waals surface area contributed by atoms with Gasteiger partial charge in [0.05, 0.1) is 33.5 Å². The van der Waals surface area contributed by atoms with Crippen molar-refractivity contribution in [2.45, 2.75) is 52.4 Å². The lowest BCUT2D eigenvalue weighted by atomic mass is 9.33. The summed E-state index contributed by atoms with van der Waals surface area (Å²) in [5.74, 6) is 0. The van der Waals surface area contributed by atoms with Crippen LogP contribution in [-0.4, -0.2) is 6.71 Å². The van der Waals surface area contributed by atoms with Gasteiger partial charge in [0.2, 0.25) is 0 Å². The monoisotopic (exact) mass is 812 g/mol. The average molecular weight is 813 g/mol. The number of anilines is 6. The third-order valence-electron chi connectivity index (χ3n) is 13.8. The van der Waals surface area contributed by atoms with E-state index < -0.39 is 0 Å². The van der Waals surface area contributed by atoms with Crippen molar-refractivity contribution >= 4 is 123 Å². The van der Waals surface area contributed by atoms with Gasteiger partial charge < -0.3 is 18.6 Å². The van der Waals surface area contributed by atoms with Gasteiger partial charge >= 0.3 is 0 Å². The molecule has 9 aromatic carbocycles. The third-order valence-corrected chi connectivity index (χ3v) is 13.8. The second kappa shape index (κ2) is 12.7. The van der Waals surface area contributed by atoms with Gasteiger partial charge in [0.25, 0.3) is 6.71 Å².